The van der Waals surface area contributed by atoms with Gasteiger partial charge >= 0.3 is 0 Å². The molecule has 2 unspecified atom stereocenters. The van der Waals surface area contributed by atoms with E-state index in [-0.39, 0.29) is 11.9 Å². The number of piperazine rings is 1. The molecule has 0 saturated carbocycles. The lowest BCUT2D eigenvalue weighted by Crippen LogP contribution is -2.53. The number of rotatable bonds is 2. The summed E-state index contributed by atoms with van der Waals surface area (Å²) in [5.41, 5.74) is 1.10. The molecule has 2 saturated heterocycles. The van der Waals surface area contributed by atoms with Crippen LogP contribution in [-0.4, -0.2) is 60.8 Å². The molecule has 6 heteroatoms. The molecule has 1 aromatic carbocycles. The summed E-state index contributed by atoms with van der Waals surface area (Å²) < 4.78 is 0. The van der Waals surface area contributed by atoms with Gasteiger partial charge in [-0.05, 0) is 24.6 Å². The number of halogens is 1. The number of β-amino-alcohol motifs (C(OH)–C–C–N with tert-alkyl or cyclic N) is 1. The van der Waals surface area contributed by atoms with Crippen molar-refractivity contribution in [2.45, 2.75) is 18.6 Å². The maximum Gasteiger partial charge on any atom is 0.239 e. The van der Waals surface area contributed by atoms with Crippen molar-refractivity contribution < 1.29 is 9.90 Å². The average Bonchev–Trinajstić information content (AvgIpc) is 2.93. The van der Waals surface area contributed by atoms with Gasteiger partial charge in [0.15, 0.2) is 0 Å². The standard InChI is InChI=1S/C15H20ClN3O2/c16-11-2-1-3-12(8-11)18-4-6-19(7-5-18)15(21)14-9-13(20)10-17-14/h1-3,8,13-14,17,20H,4-7,9-10H2. The molecule has 1 amide bonds. The van der Waals surface area contributed by atoms with Gasteiger partial charge in [-0.1, -0.05) is 17.7 Å². The van der Waals surface area contributed by atoms with E-state index in [1.54, 1.807) is 0 Å². The van der Waals surface area contributed by atoms with Crippen molar-refractivity contribution >= 4 is 23.2 Å². The number of carbonyl (C=O) groups excluding carboxylic acids is 1. The monoisotopic (exact) mass is 309 g/mol. The maximum absolute atomic E-state index is 12.4. The lowest BCUT2D eigenvalue weighted by molar-refractivity contribution is -0.133. The molecule has 2 aliphatic heterocycles. The molecule has 2 fully saturated rings. The number of nitrogens with one attached hydrogen (secondary N) is 1. The third-order valence-electron chi connectivity index (χ3n) is 4.17. The molecule has 0 bridgehead atoms. The Morgan fingerprint density at radius 1 is 1.29 bits per heavy atom. The zero-order valence-electron chi connectivity index (χ0n) is 11.8. The van der Waals surface area contributed by atoms with E-state index >= 15 is 0 Å². The molecule has 1 aromatic rings. The van der Waals surface area contributed by atoms with E-state index in [0.29, 0.717) is 26.1 Å². The molecule has 5 nitrogen and oxygen atoms in total. The lowest BCUT2D eigenvalue weighted by atomic mass is 10.1. The van der Waals surface area contributed by atoms with Gasteiger partial charge in [0.25, 0.3) is 0 Å². The van der Waals surface area contributed by atoms with Crippen molar-refractivity contribution in [2.24, 2.45) is 0 Å². The first-order valence-corrected chi connectivity index (χ1v) is 7.72. The molecule has 21 heavy (non-hydrogen) atoms. The summed E-state index contributed by atoms with van der Waals surface area (Å²) in [7, 11) is 0. The Labute approximate surface area is 129 Å². The number of hydrogen-bond acceptors (Lipinski definition) is 4. The van der Waals surface area contributed by atoms with Crippen molar-refractivity contribution in [2.75, 3.05) is 37.6 Å². The minimum atomic E-state index is -0.397. The molecule has 0 spiro atoms. The SMILES string of the molecule is O=C(C1CC(O)CN1)N1CCN(c2cccc(Cl)c2)CC1. The van der Waals surface area contributed by atoms with Gasteiger partial charge in [-0.2, -0.15) is 0 Å². The number of aliphatic hydroxyl groups excluding tert-OH is 1. The Hall–Kier alpha value is -1.30. The number of anilines is 1. The van der Waals surface area contributed by atoms with Gasteiger partial charge < -0.3 is 20.2 Å². The van der Waals surface area contributed by atoms with Crippen LogP contribution in [0.5, 0.6) is 0 Å². The van der Waals surface area contributed by atoms with Crippen LogP contribution in [-0.2, 0) is 4.79 Å². The quantitative estimate of drug-likeness (QED) is 0.845. The largest absolute Gasteiger partial charge is 0.392 e. The van der Waals surface area contributed by atoms with Crippen molar-refractivity contribution in [3.8, 4) is 0 Å². The van der Waals surface area contributed by atoms with Gasteiger partial charge in [-0.3, -0.25) is 4.79 Å². The number of hydrogen-bond donors (Lipinski definition) is 2. The van der Waals surface area contributed by atoms with E-state index in [4.69, 9.17) is 11.6 Å². The highest BCUT2D eigenvalue weighted by molar-refractivity contribution is 6.30. The fourth-order valence-electron chi connectivity index (χ4n) is 2.98. The van der Waals surface area contributed by atoms with Gasteiger partial charge in [0.1, 0.15) is 0 Å². The zero-order valence-corrected chi connectivity index (χ0v) is 12.6. The van der Waals surface area contributed by atoms with Crippen LogP contribution in [0.15, 0.2) is 24.3 Å². The van der Waals surface area contributed by atoms with Crippen LogP contribution in [0.4, 0.5) is 5.69 Å². The molecule has 0 aromatic heterocycles. The van der Waals surface area contributed by atoms with Crippen LogP contribution < -0.4 is 10.2 Å². The predicted octanol–water partition coefficient (Wildman–Crippen LogP) is 0.711. The predicted molar refractivity (Wildman–Crippen MR) is 82.7 cm³/mol. The van der Waals surface area contributed by atoms with Crippen LogP contribution >= 0.6 is 11.6 Å². The van der Waals surface area contributed by atoms with Gasteiger partial charge in [0.05, 0.1) is 12.1 Å². The number of amides is 1. The van der Waals surface area contributed by atoms with E-state index < -0.39 is 6.10 Å². The van der Waals surface area contributed by atoms with Gasteiger partial charge in [0.2, 0.25) is 5.91 Å². The van der Waals surface area contributed by atoms with Crippen molar-refractivity contribution in [3.63, 3.8) is 0 Å². The van der Waals surface area contributed by atoms with Crippen LogP contribution in [0.3, 0.4) is 0 Å². The summed E-state index contributed by atoms with van der Waals surface area (Å²) in [6.07, 6.45) is 0.125. The highest BCUT2D eigenvalue weighted by Crippen LogP contribution is 2.21. The minimum Gasteiger partial charge on any atom is -0.392 e. The summed E-state index contributed by atoms with van der Waals surface area (Å²) in [5.74, 6) is 0.109. The second kappa shape index (κ2) is 6.22. The molecule has 0 radical (unpaired) electrons. The van der Waals surface area contributed by atoms with Crippen LogP contribution in [0.1, 0.15) is 6.42 Å². The van der Waals surface area contributed by atoms with E-state index in [1.807, 2.05) is 29.2 Å². The van der Waals surface area contributed by atoms with Gasteiger partial charge in [-0.25, -0.2) is 0 Å². The lowest BCUT2D eigenvalue weighted by Gasteiger charge is -2.37. The van der Waals surface area contributed by atoms with E-state index in [9.17, 15) is 9.90 Å². The first-order valence-electron chi connectivity index (χ1n) is 7.34. The molecule has 2 N–H and O–H groups in total. The molecule has 2 atom stereocenters. The Balaban J connectivity index is 1.56. The third kappa shape index (κ3) is 3.31. The second-order valence-electron chi connectivity index (χ2n) is 5.64. The molecule has 3 rings (SSSR count). The molecular formula is C15H20ClN3O2. The summed E-state index contributed by atoms with van der Waals surface area (Å²) >= 11 is 6.02. The second-order valence-corrected chi connectivity index (χ2v) is 6.08. The van der Waals surface area contributed by atoms with E-state index in [2.05, 4.69) is 10.2 Å². The topological polar surface area (TPSA) is 55.8 Å². The molecule has 114 valence electrons. The zero-order chi connectivity index (χ0) is 14.8. The van der Waals surface area contributed by atoms with E-state index in [0.717, 1.165) is 23.8 Å². The maximum atomic E-state index is 12.4. The Morgan fingerprint density at radius 3 is 2.67 bits per heavy atom. The summed E-state index contributed by atoms with van der Waals surface area (Å²) in [4.78, 5) is 16.5. The van der Waals surface area contributed by atoms with Gasteiger partial charge in [-0.15, -0.1) is 0 Å². The van der Waals surface area contributed by atoms with Crippen LogP contribution in [0.2, 0.25) is 5.02 Å². The van der Waals surface area contributed by atoms with Gasteiger partial charge in [0, 0.05) is 43.4 Å². The average molecular weight is 310 g/mol. The molecular weight excluding hydrogens is 290 g/mol. The highest BCUT2D eigenvalue weighted by Gasteiger charge is 2.32. The first kappa shape index (κ1) is 14.6. The number of carbonyl (C=O) groups is 1. The molecule has 2 heterocycles. The van der Waals surface area contributed by atoms with Crippen molar-refractivity contribution in [1.82, 2.24) is 10.2 Å². The minimum absolute atomic E-state index is 0.109. The summed E-state index contributed by atoms with van der Waals surface area (Å²) in [6.45, 7) is 3.54. The smallest absolute Gasteiger partial charge is 0.239 e. The third-order valence-corrected chi connectivity index (χ3v) is 4.41. The Kier molecular flexibility index (Phi) is 4.33. The number of aliphatic hydroxyl groups is 1. The normalized spacial score (nSPS) is 26.2. The summed E-state index contributed by atoms with van der Waals surface area (Å²) in [5, 5.41) is 13.3. The van der Waals surface area contributed by atoms with E-state index in [1.165, 1.54) is 0 Å². The number of benzene rings is 1. The molecule has 2 aliphatic rings. The Bertz CT molecular complexity index is 517. The molecule has 0 aliphatic carbocycles. The fraction of sp³-hybridized carbons (Fsp3) is 0.533. The van der Waals surface area contributed by atoms with Crippen LogP contribution in [0, 0.1) is 0 Å². The van der Waals surface area contributed by atoms with Crippen molar-refractivity contribution in [1.29, 1.82) is 0 Å². The van der Waals surface area contributed by atoms with Crippen molar-refractivity contribution in [3.05, 3.63) is 29.3 Å². The number of nitrogens with zero attached hydrogens (tertiary/aromatic N) is 2. The highest BCUT2D eigenvalue weighted by atomic mass is 35.5. The first-order chi connectivity index (χ1) is 10.1. The van der Waals surface area contributed by atoms with Crippen LogP contribution in [0.25, 0.3) is 0 Å². The Morgan fingerprint density at radius 2 is 2.05 bits per heavy atom. The fourth-order valence-corrected chi connectivity index (χ4v) is 3.17. The summed E-state index contributed by atoms with van der Waals surface area (Å²) in [6, 6.07) is 7.57.